The summed E-state index contributed by atoms with van der Waals surface area (Å²) in [5, 5.41) is 12.5. The summed E-state index contributed by atoms with van der Waals surface area (Å²) in [4.78, 5) is 13.4. The number of anilines is 1. The van der Waals surface area contributed by atoms with Crippen LogP contribution in [-0.2, 0) is 12.8 Å². The number of nitrogen functional groups attached to an aromatic ring is 1. The number of thiazole rings is 1. The molecule has 8 nitrogen and oxygen atoms in total. The average molecular weight is 368 g/mol. The molecule has 0 aliphatic carbocycles. The minimum atomic E-state index is 0.255. The van der Waals surface area contributed by atoms with Crippen molar-refractivity contribution in [2.45, 2.75) is 39.5 Å². The van der Waals surface area contributed by atoms with Gasteiger partial charge in [-0.15, -0.1) is 16.4 Å². The molecule has 3 heterocycles. The Bertz CT molecular complexity index is 1060. The number of aromatic nitrogens is 7. The molecule has 0 radical (unpaired) electrons. The zero-order valence-corrected chi connectivity index (χ0v) is 15.7. The van der Waals surface area contributed by atoms with Gasteiger partial charge in [-0.25, -0.2) is 14.6 Å². The Labute approximate surface area is 154 Å². The van der Waals surface area contributed by atoms with Gasteiger partial charge in [0, 0.05) is 18.8 Å². The monoisotopic (exact) mass is 368 g/mol. The van der Waals surface area contributed by atoms with Crippen LogP contribution in [0.4, 0.5) is 5.95 Å². The van der Waals surface area contributed by atoms with Crippen LogP contribution in [0.5, 0.6) is 0 Å². The highest BCUT2D eigenvalue weighted by molar-refractivity contribution is 7.18. The number of benzene rings is 1. The van der Waals surface area contributed by atoms with E-state index < -0.39 is 0 Å². The molecule has 0 saturated carbocycles. The van der Waals surface area contributed by atoms with Gasteiger partial charge in [0.1, 0.15) is 11.6 Å². The van der Waals surface area contributed by atoms with Gasteiger partial charge in [0.2, 0.25) is 5.95 Å². The molecule has 0 atom stereocenters. The molecule has 0 fully saturated rings. The second kappa shape index (κ2) is 6.49. The van der Waals surface area contributed by atoms with E-state index in [9.17, 15) is 0 Å². The Morgan fingerprint density at radius 2 is 2.04 bits per heavy atom. The van der Waals surface area contributed by atoms with Gasteiger partial charge in [-0.05, 0) is 25.1 Å². The third-order valence-corrected chi connectivity index (χ3v) is 5.00. The number of hydrogen-bond donors (Lipinski definition) is 2. The second-order valence-corrected chi connectivity index (χ2v) is 7.71. The number of rotatable bonds is 5. The minimum absolute atomic E-state index is 0.255. The Balaban J connectivity index is 1.70. The standard InChI is InChI=1S/C17H20N8S/c1-9(2)16-21-15(7-6-14-20-17(18)23-22-14)25(24-16)11-4-5-12-13(8-11)26-10(3)19-12/h4-5,8-9H,6-7H2,1-3H3,(H3,18,20,22,23). The zero-order chi connectivity index (χ0) is 18.3. The van der Waals surface area contributed by atoms with Crippen LogP contribution in [0.1, 0.15) is 42.2 Å². The lowest BCUT2D eigenvalue weighted by atomic mass is 10.2. The van der Waals surface area contributed by atoms with Crippen LogP contribution < -0.4 is 5.73 Å². The van der Waals surface area contributed by atoms with Crippen LogP contribution in [-0.4, -0.2) is 34.9 Å². The molecule has 0 spiro atoms. The minimum Gasteiger partial charge on any atom is -0.367 e. The summed E-state index contributed by atoms with van der Waals surface area (Å²) in [5.74, 6) is 2.99. The number of H-pyrrole nitrogens is 1. The van der Waals surface area contributed by atoms with Crippen LogP contribution in [0.2, 0.25) is 0 Å². The quantitative estimate of drug-likeness (QED) is 0.560. The Hall–Kier alpha value is -2.81. The molecular formula is C17H20N8S. The highest BCUT2D eigenvalue weighted by atomic mass is 32.1. The van der Waals surface area contributed by atoms with Gasteiger partial charge >= 0.3 is 0 Å². The third-order valence-electron chi connectivity index (χ3n) is 4.06. The van der Waals surface area contributed by atoms with Gasteiger partial charge in [-0.1, -0.05) is 13.8 Å². The van der Waals surface area contributed by atoms with E-state index in [0.29, 0.717) is 12.8 Å². The second-order valence-electron chi connectivity index (χ2n) is 6.48. The van der Waals surface area contributed by atoms with Crippen LogP contribution >= 0.6 is 11.3 Å². The summed E-state index contributed by atoms with van der Waals surface area (Å²) in [7, 11) is 0. The number of aromatic amines is 1. The molecule has 26 heavy (non-hydrogen) atoms. The number of fused-ring (bicyclic) bond motifs is 1. The molecule has 0 unspecified atom stereocenters. The molecule has 4 rings (SSSR count). The number of nitrogens with zero attached hydrogens (tertiary/aromatic N) is 6. The first-order valence-corrected chi connectivity index (χ1v) is 9.31. The summed E-state index contributed by atoms with van der Waals surface area (Å²) in [5.41, 5.74) is 7.58. The first-order valence-electron chi connectivity index (χ1n) is 8.50. The van der Waals surface area contributed by atoms with E-state index in [1.165, 1.54) is 0 Å². The molecule has 3 aromatic heterocycles. The lowest BCUT2D eigenvalue weighted by Crippen LogP contribution is -2.05. The number of hydrogen-bond acceptors (Lipinski definition) is 7. The normalized spacial score (nSPS) is 11.7. The number of aryl methyl sites for hydroxylation is 3. The Morgan fingerprint density at radius 1 is 1.19 bits per heavy atom. The van der Waals surface area contributed by atoms with Gasteiger partial charge in [-0.2, -0.15) is 10.1 Å². The summed E-state index contributed by atoms with van der Waals surface area (Å²) in [6.45, 7) is 6.21. The van der Waals surface area contributed by atoms with E-state index in [4.69, 9.17) is 15.8 Å². The van der Waals surface area contributed by atoms with Gasteiger partial charge in [0.15, 0.2) is 5.82 Å². The maximum atomic E-state index is 5.58. The van der Waals surface area contributed by atoms with Crippen molar-refractivity contribution in [2.75, 3.05) is 5.73 Å². The van der Waals surface area contributed by atoms with Crippen LogP contribution in [0.15, 0.2) is 18.2 Å². The van der Waals surface area contributed by atoms with E-state index in [1.807, 2.05) is 23.7 Å². The van der Waals surface area contributed by atoms with Gasteiger partial charge in [0.05, 0.1) is 20.9 Å². The topological polar surface area (TPSA) is 111 Å². The smallest absolute Gasteiger partial charge is 0.239 e. The maximum absolute atomic E-state index is 5.58. The molecule has 3 N–H and O–H groups in total. The van der Waals surface area contributed by atoms with E-state index >= 15 is 0 Å². The van der Waals surface area contributed by atoms with Crippen molar-refractivity contribution in [2.24, 2.45) is 0 Å². The van der Waals surface area contributed by atoms with Crippen molar-refractivity contribution in [1.29, 1.82) is 0 Å². The molecule has 4 aromatic rings. The van der Waals surface area contributed by atoms with Crippen molar-refractivity contribution in [3.05, 3.63) is 40.7 Å². The molecule has 0 amide bonds. The first kappa shape index (κ1) is 16.6. The van der Waals surface area contributed by atoms with E-state index in [1.54, 1.807) is 11.3 Å². The Morgan fingerprint density at radius 3 is 2.77 bits per heavy atom. The Kier molecular flexibility index (Phi) is 4.15. The van der Waals surface area contributed by atoms with E-state index in [-0.39, 0.29) is 11.9 Å². The largest absolute Gasteiger partial charge is 0.367 e. The molecule has 0 aliphatic rings. The fourth-order valence-corrected chi connectivity index (χ4v) is 3.65. The third kappa shape index (κ3) is 3.17. The SMILES string of the molecule is Cc1nc2ccc(-n3nc(C(C)C)nc3CCc3nc(N)n[nH]3)cc2s1. The molecular weight excluding hydrogens is 348 g/mol. The number of nitrogens with one attached hydrogen (secondary N) is 1. The van der Waals surface area contributed by atoms with E-state index in [0.717, 1.165) is 38.4 Å². The molecule has 0 bridgehead atoms. The molecule has 1 aromatic carbocycles. The molecule has 0 aliphatic heterocycles. The first-order chi connectivity index (χ1) is 12.5. The maximum Gasteiger partial charge on any atom is 0.239 e. The molecule has 134 valence electrons. The zero-order valence-electron chi connectivity index (χ0n) is 14.9. The molecule has 0 saturated heterocycles. The number of nitrogens with two attached hydrogens (primary N) is 1. The predicted octanol–water partition coefficient (Wildman–Crippen LogP) is 2.79. The van der Waals surface area contributed by atoms with E-state index in [2.05, 4.69) is 40.1 Å². The lowest BCUT2D eigenvalue weighted by molar-refractivity contribution is 0.736. The van der Waals surface area contributed by atoms with Crippen molar-refractivity contribution in [1.82, 2.24) is 34.9 Å². The fraction of sp³-hybridized carbons (Fsp3) is 0.353. The van der Waals surface area contributed by atoms with Crippen molar-refractivity contribution in [3.8, 4) is 5.69 Å². The average Bonchev–Trinajstić information content (AvgIpc) is 3.29. The summed E-state index contributed by atoms with van der Waals surface area (Å²) in [6.07, 6.45) is 1.36. The predicted molar refractivity (Wildman–Crippen MR) is 102 cm³/mol. The van der Waals surface area contributed by atoms with Crippen LogP contribution in [0.25, 0.3) is 15.9 Å². The van der Waals surface area contributed by atoms with Crippen molar-refractivity contribution >= 4 is 27.5 Å². The molecule has 9 heteroatoms. The highest BCUT2D eigenvalue weighted by Crippen LogP contribution is 2.25. The van der Waals surface area contributed by atoms with Gasteiger partial charge in [-0.3, -0.25) is 5.10 Å². The van der Waals surface area contributed by atoms with Crippen LogP contribution in [0, 0.1) is 6.92 Å². The fourth-order valence-electron chi connectivity index (χ4n) is 2.79. The summed E-state index contributed by atoms with van der Waals surface area (Å²) in [6, 6.07) is 6.19. The summed E-state index contributed by atoms with van der Waals surface area (Å²) >= 11 is 1.68. The van der Waals surface area contributed by atoms with Crippen molar-refractivity contribution < 1.29 is 0 Å². The highest BCUT2D eigenvalue weighted by Gasteiger charge is 2.15. The van der Waals surface area contributed by atoms with Gasteiger partial charge in [0.25, 0.3) is 0 Å². The summed E-state index contributed by atoms with van der Waals surface area (Å²) < 4.78 is 3.07. The van der Waals surface area contributed by atoms with Crippen LogP contribution in [0.3, 0.4) is 0 Å². The lowest BCUT2D eigenvalue weighted by Gasteiger charge is -2.05. The van der Waals surface area contributed by atoms with Gasteiger partial charge < -0.3 is 5.73 Å². The van der Waals surface area contributed by atoms with Crippen molar-refractivity contribution in [3.63, 3.8) is 0 Å².